The van der Waals surface area contributed by atoms with Crippen LogP contribution in [0.1, 0.15) is 40.9 Å². The molecule has 2 aromatic heterocycles. The lowest BCUT2D eigenvalue weighted by Crippen LogP contribution is -2.41. The normalized spacial score (nSPS) is 12.3. The third-order valence-electron chi connectivity index (χ3n) is 6.15. The summed E-state index contributed by atoms with van der Waals surface area (Å²) < 4.78 is 111. The molecule has 0 spiro atoms. The van der Waals surface area contributed by atoms with E-state index in [-0.39, 0.29) is 34.9 Å². The standard InChI is InChI=1S/C28H24F8N6O4/c1-26(2,45)24(44)37-11-13-3-8-17(28(34,35)36)18(9-13)39-25-40-19-10-16(23(41-21(19)42-25)46-12-20(29)30)22(43)38-15-6-4-14(5-7-15)27(31,32)33/h3-10,20,45H,11-12H2,1-2H3,(H,37,44)(H,38,43)(H2,39,40,41,42). The van der Waals surface area contributed by atoms with Crippen LogP contribution in [-0.2, 0) is 23.7 Å². The van der Waals surface area contributed by atoms with Crippen molar-refractivity contribution >= 4 is 40.3 Å². The van der Waals surface area contributed by atoms with Crippen LogP contribution in [0, 0.1) is 0 Å². The van der Waals surface area contributed by atoms with Crippen molar-refractivity contribution in [2.45, 2.75) is 44.8 Å². The molecule has 5 N–H and O–H groups in total. The van der Waals surface area contributed by atoms with Crippen molar-refractivity contribution in [1.82, 2.24) is 20.3 Å². The van der Waals surface area contributed by atoms with E-state index in [0.717, 1.165) is 36.4 Å². The van der Waals surface area contributed by atoms with Crippen molar-refractivity contribution in [2.75, 3.05) is 17.2 Å². The molecular formula is C28H24F8N6O4. The van der Waals surface area contributed by atoms with Gasteiger partial charge in [-0.05, 0) is 61.9 Å². The van der Waals surface area contributed by atoms with Crippen LogP contribution in [-0.4, -0.2) is 50.5 Å². The summed E-state index contributed by atoms with van der Waals surface area (Å²) in [5.41, 5.74) is -4.94. The molecule has 4 aromatic rings. The number of aliphatic hydroxyl groups is 1. The Bertz CT molecular complexity index is 1730. The molecule has 0 aliphatic carbocycles. The predicted molar refractivity (Wildman–Crippen MR) is 148 cm³/mol. The number of nitrogens with one attached hydrogen (secondary N) is 4. The van der Waals surface area contributed by atoms with Gasteiger partial charge in [-0.25, -0.2) is 8.78 Å². The molecule has 0 saturated heterocycles. The molecule has 0 aliphatic heterocycles. The molecule has 0 radical (unpaired) electrons. The van der Waals surface area contributed by atoms with Crippen LogP contribution in [0.5, 0.6) is 5.88 Å². The molecule has 246 valence electrons. The van der Waals surface area contributed by atoms with Gasteiger partial charge in [0.25, 0.3) is 18.2 Å². The summed E-state index contributed by atoms with van der Waals surface area (Å²) >= 11 is 0. The lowest BCUT2D eigenvalue weighted by atomic mass is 10.1. The summed E-state index contributed by atoms with van der Waals surface area (Å²) in [4.78, 5) is 35.6. The van der Waals surface area contributed by atoms with Crippen molar-refractivity contribution < 1.29 is 54.6 Å². The molecular weight excluding hydrogens is 636 g/mol. The van der Waals surface area contributed by atoms with Gasteiger partial charge in [0.1, 0.15) is 11.2 Å². The number of hydrogen-bond donors (Lipinski definition) is 5. The number of hydrogen-bond acceptors (Lipinski definition) is 7. The SMILES string of the molecule is CC(C)(O)C(=O)NCc1ccc(C(F)(F)F)c(Nc2nc3nc(OCC(F)F)c(C(=O)Nc4ccc(C(F)(F)F)cc4)cc3[nH]2)c1. The number of rotatable bonds is 10. The van der Waals surface area contributed by atoms with Crippen molar-refractivity contribution in [1.29, 1.82) is 0 Å². The van der Waals surface area contributed by atoms with Crippen LogP contribution in [0.25, 0.3) is 11.2 Å². The topological polar surface area (TPSA) is 141 Å². The van der Waals surface area contributed by atoms with Gasteiger partial charge in [-0.3, -0.25) is 9.59 Å². The molecule has 2 amide bonds. The Morgan fingerprint density at radius 3 is 2.22 bits per heavy atom. The minimum atomic E-state index is -4.83. The van der Waals surface area contributed by atoms with Crippen LogP contribution in [0.3, 0.4) is 0 Å². The summed E-state index contributed by atoms with van der Waals surface area (Å²) in [6, 6.07) is 7.37. The lowest BCUT2D eigenvalue weighted by molar-refractivity contribution is -0.138. The fraction of sp³-hybridized carbons (Fsp3) is 0.286. The van der Waals surface area contributed by atoms with Crippen LogP contribution in [0.2, 0.25) is 0 Å². The number of alkyl halides is 8. The zero-order valence-electron chi connectivity index (χ0n) is 23.7. The number of amides is 2. The monoisotopic (exact) mass is 660 g/mol. The minimum Gasteiger partial charge on any atom is -0.471 e. The molecule has 18 heteroatoms. The Morgan fingerprint density at radius 1 is 0.957 bits per heavy atom. The zero-order chi connectivity index (χ0) is 34.0. The Kier molecular flexibility index (Phi) is 9.41. The van der Waals surface area contributed by atoms with Gasteiger partial charge in [-0.2, -0.15) is 36.3 Å². The molecule has 46 heavy (non-hydrogen) atoms. The first-order valence-corrected chi connectivity index (χ1v) is 13.1. The van der Waals surface area contributed by atoms with E-state index in [9.17, 15) is 49.8 Å². The van der Waals surface area contributed by atoms with E-state index in [2.05, 4.69) is 30.9 Å². The first-order chi connectivity index (χ1) is 21.3. The number of imidazole rings is 1. The van der Waals surface area contributed by atoms with E-state index in [0.29, 0.717) is 12.1 Å². The zero-order valence-corrected chi connectivity index (χ0v) is 23.7. The number of nitrogens with zero attached hydrogens (tertiary/aromatic N) is 2. The van der Waals surface area contributed by atoms with E-state index in [4.69, 9.17) is 4.74 Å². The summed E-state index contributed by atoms with van der Waals surface area (Å²) in [5, 5.41) is 16.9. The first-order valence-electron chi connectivity index (χ1n) is 13.1. The van der Waals surface area contributed by atoms with Crippen molar-refractivity contribution in [3.8, 4) is 5.88 Å². The van der Waals surface area contributed by atoms with Gasteiger partial charge in [0, 0.05) is 12.2 Å². The van der Waals surface area contributed by atoms with E-state index >= 15 is 0 Å². The van der Waals surface area contributed by atoms with Crippen molar-refractivity contribution in [3.05, 3.63) is 70.8 Å². The Balaban J connectivity index is 1.66. The number of aromatic nitrogens is 3. The van der Waals surface area contributed by atoms with Gasteiger partial charge < -0.3 is 30.8 Å². The number of pyridine rings is 1. The summed E-state index contributed by atoms with van der Waals surface area (Å²) in [6.45, 7) is 1.02. The Hall–Kier alpha value is -5.00. The Labute approximate surface area is 254 Å². The number of anilines is 3. The number of fused-ring (bicyclic) bond motifs is 1. The molecule has 0 aliphatic rings. The second kappa shape index (κ2) is 12.8. The number of benzene rings is 2. The van der Waals surface area contributed by atoms with Gasteiger partial charge in [-0.15, -0.1) is 0 Å². The molecule has 0 fully saturated rings. The average molecular weight is 661 g/mol. The highest BCUT2D eigenvalue weighted by Crippen LogP contribution is 2.37. The molecule has 4 rings (SSSR count). The molecule has 2 aromatic carbocycles. The fourth-order valence-corrected chi connectivity index (χ4v) is 3.92. The van der Waals surface area contributed by atoms with Crippen molar-refractivity contribution in [2.24, 2.45) is 0 Å². The van der Waals surface area contributed by atoms with Crippen LogP contribution in [0.15, 0.2) is 48.5 Å². The molecule has 0 bridgehead atoms. The van der Waals surface area contributed by atoms with Crippen molar-refractivity contribution in [3.63, 3.8) is 0 Å². The lowest BCUT2D eigenvalue weighted by Gasteiger charge is -2.18. The van der Waals surface area contributed by atoms with E-state index in [1.165, 1.54) is 13.8 Å². The van der Waals surface area contributed by atoms with Gasteiger partial charge in [0.15, 0.2) is 12.3 Å². The third kappa shape index (κ3) is 8.38. The number of ether oxygens (including phenoxy) is 1. The highest BCUT2D eigenvalue weighted by molar-refractivity contribution is 6.07. The number of H-pyrrole nitrogens is 1. The van der Waals surface area contributed by atoms with E-state index in [1.807, 2.05) is 0 Å². The van der Waals surface area contributed by atoms with Gasteiger partial charge in [-0.1, -0.05) is 6.07 Å². The third-order valence-corrected chi connectivity index (χ3v) is 6.15. The highest BCUT2D eigenvalue weighted by Gasteiger charge is 2.34. The Morgan fingerprint density at radius 2 is 1.63 bits per heavy atom. The minimum absolute atomic E-state index is 0.0494. The van der Waals surface area contributed by atoms with E-state index in [1.54, 1.807) is 0 Å². The number of carbonyl (C=O) groups excluding carboxylic acids is 2. The summed E-state index contributed by atoms with van der Waals surface area (Å²) in [7, 11) is 0. The molecule has 0 saturated carbocycles. The van der Waals surface area contributed by atoms with Gasteiger partial charge >= 0.3 is 12.4 Å². The largest absolute Gasteiger partial charge is 0.471 e. The maximum absolute atomic E-state index is 13.8. The van der Waals surface area contributed by atoms with Gasteiger partial charge in [0.2, 0.25) is 11.8 Å². The average Bonchev–Trinajstić information content (AvgIpc) is 3.34. The molecule has 2 heterocycles. The van der Waals surface area contributed by atoms with Crippen LogP contribution >= 0.6 is 0 Å². The maximum atomic E-state index is 13.8. The molecule has 0 unspecified atom stereocenters. The first kappa shape index (κ1) is 33.9. The maximum Gasteiger partial charge on any atom is 0.418 e. The number of aromatic amines is 1. The predicted octanol–water partition coefficient (Wildman–Crippen LogP) is 6.02. The number of halogens is 8. The number of carbonyl (C=O) groups is 2. The second-order valence-corrected chi connectivity index (χ2v) is 10.3. The molecule has 0 atom stereocenters. The smallest absolute Gasteiger partial charge is 0.418 e. The molecule has 10 nitrogen and oxygen atoms in total. The van der Waals surface area contributed by atoms with Crippen LogP contribution in [0.4, 0.5) is 52.4 Å². The highest BCUT2D eigenvalue weighted by atomic mass is 19.4. The van der Waals surface area contributed by atoms with Crippen LogP contribution < -0.4 is 20.7 Å². The summed E-state index contributed by atoms with van der Waals surface area (Å²) in [5.74, 6) is -2.72. The van der Waals surface area contributed by atoms with E-state index < -0.39 is 71.1 Å². The fourth-order valence-electron chi connectivity index (χ4n) is 3.92. The quantitative estimate of drug-likeness (QED) is 0.131. The second-order valence-electron chi connectivity index (χ2n) is 10.3. The van der Waals surface area contributed by atoms with Gasteiger partial charge in [0.05, 0.1) is 22.3 Å². The summed E-state index contributed by atoms with van der Waals surface area (Å²) in [6.07, 6.45) is -12.4.